The van der Waals surface area contributed by atoms with Gasteiger partial charge in [0.1, 0.15) is 23.1 Å². The second-order valence-corrected chi connectivity index (χ2v) is 10.6. The van der Waals surface area contributed by atoms with Gasteiger partial charge in [0.2, 0.25) is 0 Å². The summed E-state index contributed by atoms with van der Waals surface area (Å²) < 4.78 is 13.2. The molecule has 212 valence electrons. The van der Waals surface area contributed by atoms with Crippen LogP contribution in [0.25, 0.3) is 23.0 Å². The van der Waals surface area contributed by atoms with Crippen LogP contribution in [0.5, 0.6) is 5.75 Å². The molecule has 0 bridgehead atoms. The number of ether oxygens (including phenoxy) is 2. The summed E-state index contributed by atoms with van der Waals surface area (Å²) in [6, 6.07) is 17.6. The van der Waals surface area contributed by atoms with Crippen molar-refractivity contribution >= 4 is 17.9 Å². The van der Waals surface area contributed by atoms with E-state index in [1.165, 1.54) is 0 Å². The van der Waals surface area contributed by atoms with Crippen LogP contribution in [0.15, 0.2) is 71.4 Å². The average Bonchev–Trinajstić information content (AvgIpc) is 3.34. The van der Waals surface area contributed by atoms with Crippen LogP contribution in [0, 0.1) is 18.3 Å². The normalized spacial score (nSPS) is 14.9. The maximum atomic E-state index is 13.7. The van der Waals surface area contributed by atoms with E-state index in [4.69, 9.17) is 14.6 Å². The first kappa shape index (κ1) is 29.5. The van der Waals surface area contributed by atoms with Gasteiger partial charge < -0.3 is 9.47 Å². The molecule has 0 unspecified atom stereocenters. The highest BCUT2D eigenvalue weighted by Gasteiger charge is 2.35. The lowest BCUT2D eigenvalue weighted by atomic mass is 9.92. The van der Waals surface area contributed by atoms with E-state index in [2.05, 4.69) is 0 Å². The molecule has 0 N–H and O–H groups in total. The summed E-state index contributed by atoms with van der Waals surface area (Å²) in [6.45, 7) is 12.0. The van der Waals surface area contributed by atoms with Gasteiger partial charge in [-0.2, -0.15) is 10.4 Å². The van der Waals surface area contributed by atoms with E-state index in [-0.39, 0.29) is 29.9 Å². The average molecular weight is 553 g/mol. The van der Waals surface area contributed by atoms with Crippen molar-refractivity contribution in [2.24, 2.45) is 0 Å². The van der Waals surface area contributed by atoms with Crippen molar-refractivity contribution < 1.29 is 19.1 Å². The molecule has 0 radical (unpaired) electrons. The number of nitrogens with zero attached hydrogens (tertiary/aromatic N) is 4. The number of aryl methyl sites for hydroxylation is 1. The third-order valence-corrected chi connectivity index (χ3v) is 6.69. The van der Waals surface area contributed by atoms with Gasteiger partial charge in [0.05, 0.1) is 17.9 Å². The van der Waals surface area contributed by atoms with Crippen molar-refractivity contribution in [2.75, 3.05) is 13.2 Å². The summed E-state index contributed by atoms with van der Waals surface area (Å²) in [5.74, 6) is -0.250. The van der Waals surface area contributed by atoms with Crippen LogP contribution in [-0.4, -0.2) is 51.9 Å². The maximum absolute atomic E-state index is 13.7. The number of benzene rings is 2. The Morgan fingerprint density at radius 3 is 2.37 bits per heavy atom. The standard InChI is InChI=1S/C33H36N4O4/c1-21(2)40-16-10-15-36-32(38)29(24(6)30(19-34)33(36)39)18-25-20-37(26-11-8-7-9-12-26)35-31(25)28-14-13-27(17-23(28)5)41-22(3)4/h7-9,11-14,17-18,20-22H,10,15-16H2,1-6H3/b29-18+. The quantitative estimate of drug-likeness (QED) is 0.173. The number of nitriles is 1. The van der Waals surface area contributed by atoms with Gasteiger partial charge in [-0.1, -0.05) is 18.2 Å². The molecule has 0 saturated carbocycles. The largest absolute Gasteiger partial charge is 0.491 e. The van der Waals surface area contributed by atoms with E-state index >= 15 is 0 Å². The second kappa shape index (κ2) is 12.8. The Hall–Kier alpha value is -4.48. The summed E-state index contributed by atoms with van der Waals surface area (Å²) in [4.78, 5) is 27.9. The molecule has 2 heterocycles. The molecule has 1 aromatic heterocycles. The predicted molar refractivity (Wildman–Crippen MR) is 158 cm³/mol. The second-order valence-electron chi connectivity index (χ2n) is 10.6. The zero-order chi connectivity index (χ0) is 29.7. The summed E-state index contributed by atoms with van der Waals surface area (Å²) in [5.41, 5.74) is 4.66. The van der Waals surface area contributed by atoms with E-state index in [9.17, 15) is 14.9 Å². The van der Waals surface area contributed by atoms with Crippen LogP contribution in [0.3, 0.4) is 0 Å². The van der Waals surface area contributed by atoms with Gasteiger partial charge in [0.15, 0.2) is 0 Å². The molecule has 0 atom stereocenters. The molecule has 1 aliphatic rings. The predicted octanol–water partition coefficient (Wildman–Crippen LogP) is 6.04. The lowest BCUT2D eigenvalue weighted by molar-refractivity contribution is -0.140. The molecule has 0 spiro atoms. The highest BCUT2D eigenvalue weighted by molar-refractivity contribution is 6.19. The van der Waals surface area contributed by atoms with Crippen molar-refractivity contribution in [3.63, 3.8) is 0 Å². The maximum Gasteiger partial charge on any atom is 0.271 e. The Morgan fingerprint density at radius 2 is 1.73 bits per heavy atom. The van der Waals surface area contributed by atoms with Gasteiger partial charge in [-0.3, -0.25) is 14.5 Å². The minimum absolute atomic E-state index is 0.0380. The summed E-state index contributed by atoms with van der Waals surface area (Å²) in [7, 11) is 0. The van der Waals surface area contributed by atoms with Gasteiger partial charge in [-0.25, -0.2) is 4.68 Å². The number of carbonyl (C=O) groups is 2. The molecule has 0 aliphatic carbocycles. The number of hydrogen-bond donors (Lipinski definition) is 0. The molecule has 2 amide bonds. The third-order valence-electron chi connectivity index (χ3n) is 6.69. The van der Waals surface area contributed by atoms with Crippen LogP contribution >= 0.6 is 0 Å². The molecule has 0 fully saturated rings. The minimum Gasteiger partial charge on any atom is -0.491 e. The molecule has 8 nitrogen and oxygen atoms in total. The van der Waals surface area contributed by atoms with Crippen molar-refractivity contribution in [3.8, 4) is 28.8 Å². The van der Waals surface area contributed by atoms with E-state index in [0.717, 1.165) is 27.5 Å². The van der Waals surface area contributed by atoms with Gasteiger partial charge in [0.25, 0.3) is 11.8 Å². The van der Waals surface area contributed by atoms with Gasteiger partial charge in [0, 0.05) is 36.0 Å². The number of aromatic nitrogens is 2. The molecule has 3 aromatic rings. The molecule has 2 aromatic carbocycles. The summed E-state index contributed by atoms with van der Waals surface area (Å²) in [5, 5.41) is 14.7. The monoisotopic (exact) mass is 552 g/mol. The molecule has 8 heteroatoms. The summed E-state index contributed by atoms with van der Waals surface area (Å²) >= 11 is 0. The number of hydrogen-bond acceptors (Lipinski definition) is 6. The van der Waals surface area contributed by atoms with Crippen molar-refractivity contribution in [1.82, 2.24) is 14.7 Å². The zero-order valence-electron chi connectivity index (χ0n) is 24.5. The van der Waals surface area contributed by atoms with Crippen molar-refractivity contribution in [3.05, 3.63) is 82.6 Å². The van der Waals surface area contributed by atoms with Gasteiger partial charge >= 0.3 is 0 Å². The number of para-hydroxylation sites is 1. The number of amides is 2. The number of imide groups is 1. The molecule has 0 saturated heterocycles. The van der Waals surface area contributed by atoms with E-state index < -0.39 is 11.8 Å². The molecular weight excluding hydrogens is 516 g/mol. The first-order chi connectivity index (χ1) is 19.6. The van der Waals surface area contributed by atoms with Crippen LogP contribution in [0.1, 0.15) is 52.2 Å². The van der Waals surface area contributed by atoms with Crippen LogP contribution in [0.2, 0.25) is 0 Å². The smallest absolute Gasteiger partial charge is 0.271 e. The molecule has 4 rings (SSSR count). The van der Waals surface area contributed by atoms with Gasteiger partial charge in [-0.15, -0.1) is 0 Å². The Balaban J connectivity index is 1.82. The third kappa shape index (κ3) is 6.64. The fourth-order valence-corrected chi connectivity index (χ4v) is 4.69. The molecule has 41 heavy (non-hydrogen) atoms. The number of rotatable bonds is 10. The minimum atomic E-state index is -0.575. The Bertz CT molecular complexity index is 1540. The van der Waals surface area contributed by atoms with Crippen LogP contribution < -0.4 is 4.74 Å². The van der Waals surface area contributed by atoms with Crippen LogP contribution in [0.4, 0.5) is 0 Å². The van der Waals surface area contributed by atoms with Crippen molar-refractivity contribution in [2.45, 2.75) is 60.2 Å². The molecular formula is C33H36N4O4. The Kier molecular flexibility index (Phi) is 9.21. The molecule has 1 aliphatic heterocycles. The fourth-order valence-electron chi connectivity index (χ4n) is 4.69. The van der Waals surface area contributed by atoms with E-state index in [0.29, 0.717) is 29.9 Å². The van der Waals surface area contributed by atoms with E-state index in [1.54, 1.807) is 17.7 Å². The van der Waals surface area contributed by atoms with E-state index in [1.807, 2.05) is 95.4 Å². The Morgan fingerprint density at radius 1 is 1.00 bits per heavy atom. The number of carbonyl (C=O) groups excluding carboxylic acids is 2. The zero-order valence-corrected chi connectivity index (χ0v) is 24.5. The topological polar surface area (TPSA) is 97.5 Å². The highest BCUT2D eigenvalue weighted by Crippen LogP contribution is 2.33. The summed E-state index contributed by atoms with van der Waals surface area (Å²) in [6.07, 6.45) is 4.16. The van der Waals surface area contributed by atoms with Gasteiger partial charge in [-0.05, 0) is 95.5 Å². The fraction of sp³-hybridized carbons (Fsp3) is 0.333. The highest BCUT2D eigenvalue weighted by atomic mass is 16.5. The lowest BCUT2D eigenvalue weighted by Crippen LogP contribution is -2.43. The van der Waals surface area contributed by atoms with Crippen molar-refractivity contribution in [1.29, 1.82) is 5.26 Å². The lowest BCUT2D eigenvalue weighted by Gasteiger charge is -2.27. The first-order valence-corrected chi connectivity index (χ1v) is 13.8. The SMILES string of the molecule is CC1=C(C#N)C(=O)N(CCCOC(C)C)C(=O)/C1=C/c1cn(-c2ccccc2)nc1-c1ccc(OC(C)C)cc1C. The first-order valence-electron chi connectivity index (χ1n) is 13.8. The Labute approximate surface area is 241 Å². The van der Waals surface area contributed by atoms with Crippen LogP contribution in [-0.2, 0) is 14.3 Å².